The first-order valence-electron chi connectivity index (χ1n) is 9.30. The highest BCUT2D eigenvalue weighted by Crippen LogP contribution is 2.05. The molecule has 1 aromatic heterocycles. The van der Waals surface area contributed by atoms with Crippen LogP contribution in [0.25, 0.3) is 0 Å². The minimum absolute atomic E-state index is 0.0469. The van der Waals surface area contributed by atoms with Crippen molar-refractivity contribution in [3.05, 3.63) is 18.2 Å². The van der Waals surface area contributed by atoms with Gasteiger partial charge in [0.2, 0.25) is 17.7 Å². The number of rotatable bonds is 14. The van der Waals surface area contributed by atoms with Crippen molar-refractivity contribution in [1.29, 1.82) is 0 Å². The number of hydrogen-bond donors (Lipinski definition) is 8. The number of nitrogens with two attached hydrogens (primary N) is 1. The van der Waals surface area contributed by atoms with Gasteiger partial charge in [-0.15, -0.1) is 0 Å². The van der Waals surface area contributed by atoms with E-state index in [-0.39, 0.29) is 12.8 Å². The molecule has 4 unspecified atom stereocenters. The molecule has 1 aromatic rings. The van der Waals surface area contributed by atoms with Crippen molar-refractivity contribution in [3.8, 4) is 0 Å². The number of aromatic nitrogens is 2. The number of aliphatic hydroxyl groups is 2. The Morgan fingerprint density at radius 2 is 1.68 bits per heavy atom. The predicted octanol–water partition coefficient (Wildman–Crippen LogP) is -3.44. The van der Waals surface area contributed by atoms with Crippen molar-refractivity contribution in [3.63, 3.8) is 0 Å². The Hall–Kier alpha value is -2.68. The number of H-pyrrole nitrogens is 1. The first-order valence-corrected chi connectivity index (χ1v) is 10.7. The Labute approximate surface area is 182 Å². The number of aliphatic hydroxyl groups excluding tert-OH is 2. The maximum Gasteiger partial charge on any atom is 0.328 e. The first kappa shape index (κ1) is 26.4. The van der Waals surface area contributed by atoms with Gasteiger partial charge in [-0.1, -0.05) is 0 Å². The smallest absolute Gasteiger partial charge is 0.328 e. The topological polar surface area (TPSA) is 220 Å². The first-order chi connectivity index (χ1) is 14.7. The molecule has 0 saturated carbocycles. The number of nitrogens with one attached hydrogen (secondary N) is 4. The quantitative estimate of drug-likeness (QED) is 0.137. The highest BCUT2D eigenvalue weighted by molar-refractivity contribution is 7.98. The molecule has 174 valence electrons. The predicted molar refractivity (Wildman–Crippen MR) is 111 cm³/mol. The van der Waals surface area contributed by atoms with Gasteiger partial charge in [-0.2, -0.15) is 11.8 Å². The fraction of sp³-hybridized carbons (Fsp3) is 0.588. The molecule has 14 heteroatoms. The molecule has 3 amide bonds. The lowest BCUT2D eigenvalue weighted by atomic mass is 10.1. The van der Waals surface area contributed by atoms with Crippen LogP contribution in [0, 0.1) is 0 Å². The summed E-state index contributed by atoms with van der Waals surface area (Å²) in [6.07, 6.45) is 4.79. The summed E-state index contributed by atoms with van der Waals surface area (Å²) in [5.74, 6) is -3.19. The molecular formula is C17H28N6O7S. The van der Waals surface area contributed by atoms with E-state index >= 15 is 0 Å². The van der Waals surface area contributed by atoms with Crippen LogP contribution in [-0.2, 0) is 25.6 Å². The Bertz CT molecular complexity index is 733. The Balaban J connectivity index is 2.98. The number of thioether (sulfide) groups is 1. The number of carboxylic acids is 1. The molecule has 0 aromatic carbocycles. The van der Waals surface area contributed by atoms with E-state index in [2.05, 4.69) is 25.9 Å². The fourth-order valence-corrected chi connectivity index (χ4v) is 2.89. The number of nitrogens with zero attached hydrogens (tertiary/aromatic N) is 1. The Morgan fingerprint density at radius 3 is 2.19 bits per heavy atom. The summed E-state index contributed by atoms with van der Waals surface area (Å²) in [6, 6.07) is -5.03. The SMILES string of the molecule is CSCCC(NC(=O)C(N)CO)C(=O)NC(Cc1cnc[nH]1)C(=O)NC(CO)C(=O)O. The van der Waals surface area contributed by atoms with Crippen LogP contribution >= 0.6 is 11.8 Å². The van der Waals surface area contributed by atoms with Crippen LogP contribution in [0.2, 0.25) is 0 Å². The van der Waals surface area contributed by atoms with Crippen LogP contribution in [0.1, 0.15) is 12.1 Å². The van der Waals surface area contributed by atoms with Crippen LogP contribution in [0.3, 0.4) is 0 Å². The average Bonchev–Trinajstić information content (AvgIpc) is 3.26. The van der Waals surface area contributed by atoms with Crippen LogP contribution in [0.15, 0.2) is 12.5 Å². The molecule has 0 saturated heterocycles. The fourth-order valence-electron chi connectivity index (χ4n) is 2.42. The van der Waals surface area contributed by atoms with E-state index in [0.717, 1.165) is 0 Å². The summed E-state index contributed by atoms with van der Waals surface area (Å²) in [5.41, 5.74) is 5.97. The Morgan fingerprint density at radius 1 is 1.06 bits per heavy atom. The van der Waals surface area contributed by atoms with Gasteiger partial charge in [0.05, 0.1) is 19.5 Å². The van der Waals surface area contributed by atoms with Gasteiger partial charge in [-0.3, -0.25) is 14.4 Å². The van der Waals surface area contributed by atoms with E-state index in [1.807, 2.05) is 6.26 Å². The van der Waals surface area contributed by atoms with Gasteiger partial charge in [0.15, 0.2) is 0 Å². The molecule has 0 spiro atoms. The zero-order valence-electron chi connectivity index (χ0n) is 16.9. The molecule has 0 aliphatic heterocycles. The minimum Gasteiger partial charge on any atom is -0.480 e. The monoisotopic (exact) mass is 460 g/mol. The summed E-state index contributed by atoms with van der Waals surface area (Å²) < 4.78 is 0. The van der Waals surface area contributed by atoms with E-state index < -0.39 is 61.1 Å². The third kappa shape index (κ3) is 8.92. The van der Waals surface area contributed by atoms with E-state index in [1.165, 1.54) is 24.3 Å². The molecule has 31 heavy (non-hydrogen) atoms. The summed E-state index contributed by atoms with van der Waals surface area (Å²) in [7, 11) is 0. The largest absolute Gasteiger partial charge is 0.480 e. The number of amides is 3. The van der Waals surface area contributed by atoms with Gasteiger partial charge in [0.1, 0.15) is 24.2 Å². The van der Waals surface area contributed by atoms with Crippen molar-refractivity contribution < 1.29 is 34.5 Å². The van der Waals surface area contributed by atoms with Crippen LogP contribution in [-0.4, -0.2) is 98.4 Å². The number of hydrogen-bond acceptors (Lipinski definition) is 9. The van der Waals surface area contributed by atoms with E-state index in [4.69, 9.17) is 21.1 Å². The molecule has 0 aliphatic rings. The molecule has 0 fully saturated rings. The maximum atomic E-state index is 12.8. The third-order valence-electron chi connectivity index (χ3n) is 4.19. The van der Waals surface area contributed by atoms with Gasteiger partial charge in [0.25, 0.3) is 0 Å². The number of imidazole rings is 1. The number of carbonyl (C=O) groups is 4. The lowest BCUT2D eigenvalue weighted by Gasteiger charge is -2.24. The van der Waals surface area contributed by atoms with Gasteiger partial charge in [0, 0.05) is 18.3 Å². The Kier molecular flexibility index (Phi) is 11.6. The lowest BCUT2D eigenvalue weighted by Crippen LogP contribution is -2.58. The van der Waals surface area contributed by atoms with Crippen molar-refractivity contribution in [2.75, 3.05) is 25.2 Å². The number of carbonyl (C=O) groups excluding carboxylic acids is 3. The summed E-state index contributed by atoms with van der Waals surface area (Å²) in [4.78, 5) is 55.2. The molecule has 13 nitrogen and oxygen atoms in total. The average molecular weight is 461 g/mol. The zero-order chi connectivity index (χ0) is 23.4. The van der Waals surface area contributed by atoms with E-state index in [1.54, 1.807) is 0 Å². The highest BCUT2D eigenvalue weighted by atomic mass is 32.2. The number of aromatic amines is 1. The molecular weight excluding hydrogens is 432 g/mol. The van der Waals surface area contributed by atoms with Crippen molar-refractivity contribution in [1.82, 2.24) is 25.9 Å². The summed E-state index contributed by atoms with van der Waals surface area (Å²) in [5, 5.41) is 34.3. The van der Waals surface area contributed by atoms with Crippen LogP contribution < -0.4 is 21.7 Å². The van der Waals surface area contributed by atoms with Crippen molar-refractivity contribution >= 4 is 35.5 Å². The number of aliphatic carboxylic acids is 1. The molecule has 0 aliphatic carbocycles. The lowest BCUT2D eigenvalue weighted by molar-refractivity contribution is -0.143. The molecule has 1 heterocycles. The van der Waals surface area contributed by atoms with Gasteiger partial charge in [-0.25, -0.2) is 9.78 Å². The standard InChI is InChI=1S/C17H28N6O7S/c1-31-3-2-11(21-14(26)10(18)6-24)15(27)22-12(4-9-5-19-8-20-9)16(28)23-13(7-25)17(29)30/h5,8,10-13,24-25H,2-4,6-7,18H2,1H3,(H,19,20)(H,21,26)(H,22,27)(H,23,28)(H,29,30). The molecule has 0 radical (unpaired) electrons. The minimum atomic E-state index is -1.55. The summed E-state index contributed by atoms with van der Waals surface area (Å²) >= 11 is 1.43. The second kappa shape index (κ2) is 13.6. The second-order valence-corrected chi connectivity index (χ2v) is 7.54. The second-order valence-electron chi connectivity index (χ2n) is 6.56. The van der Waals surface area contributed by atoms with Crippen LogP contribution in [0.4, 0.5) is 0 Å². The van der Waals surface area contributed by atoms with E-state index in [9.17, 15) is 19.2 Å². The van der Waals surface area contributed by atoms with Gasteiger partial charge >= 0.3 is 5.97 Å². The molecule has 1 rings (SSSR count). The third-order valence-corrected chi connectivity index (χ3v) is 4.83. The molecule has 4 atom stereocenters. The van der Waals surface area contributed by atoms with Gasteiger partial charge < -0.3 is 42.0 Å². The molecule has 9 N–H and O–H groups in total. The normalized spacial score (nSPS) is 14.7. The molecule has 0 bridgehead atoms. The number of carboxylic acid groups (broad SMARTS) is 1. The maximum absolute atomic E-state index is 12.8. The van der Waals surface area contributed by atoms with E-state index in [0.29, 0.717) is 11.4 Å². The van der Waals surface area contributed by atoms with Crippen LogP contribution in [0.5, 0.6) is 0 Å². The van der Waals surface area contributed by atoms with Gasteiger partial charge in [-0.05, 0) is 18.4 Å². The highest BCUT2D eigenvalue weighted by Gasteiger charge is 2.30. The van der Waals surface area contributed by atoms with Crippen molar-refractivity contribution in [2.24, 2.45) is 5.73 Å². The summed E-state index contributed by atoms with van der Waals surface area (Å²) in [6.45, 7) is -1.44. The zero-order valence-corrected chi connectivity index (χ0v) is 17.7. The van der Waals surface area contributed by atoms with Crippen molar-refractivity contribution in [2.45, 2.75) is 37.0 Å².